The lowest BCUT2D eigenvalue weighted by atomic mass is 9.96. The molecule has 0 fully saturated rings. The number of hydrogen-bond donors (Lipinski definition) is 1. The van der Waals surface area contributed by atoms with Gasteiger partial charge in [0, 0.05) is 18.6 Å². The van der Waals surface area contributed by atoms with Crippen LogP contribution in [-0.4, -0.2) is 33.0 Å². The smallest absolute Gasteiger partial charge is 0.220 e. The van der Waals surface area contributed by atoms with Crippen LogP contribution in [0.2, 0.25) is 0 Å². The van der Waals surface area contributed by atoms with Crippen LogP contribution in [0.15, 0.2) is 60.7 Å². The topological polar surface area (TPSA) is 73.9 Å². The van der Waals surface area contributed by atoms with Crippen molar-refractivity contribution in [1.29, 1.82) is 0 Å². The highest BCUT2D eigenvalue weighted by atomic mass is 16.5. The van der Waals surface area contributed by atoms with Gasteiger partial charge in [-0.1, -0.05) is 59.7 Å². The maximum atomic E-state index is 12.8. The summed E-state index contributed by atoms with van der Waals surface area (Å²) in [5.41, 5.74) is 4.81. The van der Waals surface area contributed by atoms with Crippen LogP contribution in [0.4, 0.5) is 0 Å². The van der Waals surface area contributed by atoms with E-state index in [1.807, 2.05) is 13.8 Å². The quantitative estimate of drug-likeness (QED) is 0.273. The van der Waals surface area contributed by atoms with E-state index in [1.165, 1.54) is 25.3 Å². The number of methoxy groups -OCH3 is 2. The summed E-state index contributed by atoms with van der Waals surface area (Å²) in [5, 5.41) is 3.19. The average Bonchev–Trinajstić information content (AvgIpc) is 2.87. The zero-order valence-corrected chi connectivity index (χ0v) is 20.8. The predicted octanol–water partition coefficient (Wildman–Crippen LogP) is 5.59. The van der Waals surface area contributed by atoms with E-state index in [4.69, 9.17) is 14.2 Å². The van der Waals surface area contributed by atoms with Gasteiger partial charge in [0.15, 0.2) is 6.29 Å². The summed E-state index contributed by atoms with van der Waals surface area (Å²) >= 11 is 0. The Morgan fingerprint density at radius 2 is 1.37 bits per heavy atom. The highest BCUT2D eigenvalue weighted by Gasteiger charge is 2.17. The largest absolute Gasteiger partial charge is 0.496 e. The second-order valence-electron chi connectivity index (χ2n) is 8.49. The Labute approximate surface area is 207 Å². The number of aryl methyl sites for hydroxylation is 2. The van der Waals surface area contributed by atoms with Crippen LogP contribution in [0, 0.1) is 13.8 Å². The molecule has 1 N–H and O–H groups in total. The van der Waals surface area contributed by atoms with Gasteiger partial charge in [-0.05, 0) is 37.8 Å². The van der Waals surface area contributed by atoms with Gasteiger partial charge in [-0.15, -0.1) is 0 Å². The Hall–Kier alpha value is -3.80. The van der Waals surface area contributed by atoms with Gasteiger partial charge in [0.25, 0.3) is 0 Å². The van der Waals surface area contributed by atoms with Crippen LogP contribution in [-0.2, 0) is 4.79 Å². The Balaban J connectivity index is 1.55. The van der Waals surface area contributed by atoms with Crippen molar-refractivity contribution in [3.8, 4) is 17.2 Å². The Morgan fingerprint density at radius 1 is 0.857 bits per heavy atom. The number of ether oxygens (including phenoxy) is 3. The number of carbonyl (C=O) groups is 2. The van der Waals surface area contributed by atoms with Gasteiger partial charge in [-0.25, -0.2) is 0 Å². The Bertz CT molecular complexity index is 1050. The van der Waals surface area contributed by atoms with Gasteiger partial charge >= 0.3 is 0 Å². The first kappa shape index (κ1) is 25.8. The number of rotatable bonds is 12. The number of amides is 1. The highest BCUT2D eigenvalue weighted by Crippen LogP contribution is 2.32. The summed E-state index contributed by atoms with van der Waals surface area (Å²) in [5.74, 6) is 1.33. The molecule has 0 spiro atoms. The van der Waals surface area contributed by atoms with Crippen LogP contribution >= 0.6 is 0 Å². The number of hydrogen-bond acceptors (Lipinski definition) is 5. The maximum Gasteiger partial charge on any atom is 0.220 e. The van der Waals surface area contributed by atoms with Crippen LogP contribution in [0.1, 0.15) is 57.9 Å². The molecule has 0 bridgehead atoms. The van der Waals surface area contributed by atoms with Crippen molar-refractivity contribution >= 4 is 12.2 Å². The lowest BCUT2D eigenvalue weighted by molar-refractivity contribution is -0.121. The van der Waals surface area contributed by atoms with Gasteiger partial charge in [-0.3, -0.25) is 9.59 Å². The summed E-state index contributed by atoms with van der Waals surface area (Å²) in [7, 11) is 2.98. The van der Waals surface area contributed by atoms with Crippen molar-refractivity contribution in [2.45, 2.75) is 39.2 Å². The second kappa shape index (κ2) is 12.6. The van der Waals surface area contributed by atoms with Crippen LogP contribution in [0.3, 0.4) is 0 Å². The molecule has 0 radical (unpaired) electrons. The van der Waals surface area contributed by atoms with E-state index in [2.05, 4.69) is 53.8 Å². The molecule has 0 aromatic heterocycles. The first-order valence-electron chi connectivity index (χ1n) is 11.7. The zero-order valence-electron chi connectivity index (χ0n) is 20.8. The maximum absolute atomic E-state index is 12.8. The van der Waals surface area contributed by atoms with E-state index in [0.717, 1.165) is 11.1 Å². The molecule has 0 aliphatic carbocycles. The number of benzene rings is 3. The van der Waals surface area contributed by atoms with Crippen molar-refractivity contribution < 1.29 is 23.8 Å². The van der Waals surface area contributed by atoms with Crippen molar-refractivity contribution in [2.24, 2.45) is 0 Å². The summed E-state index contributed by atoms with van der Waals surface area (Å²) in [6.45, 7) is 4.53. The van der Waals surface area contributed by atoms with E-state index in [9.17, 15) is 9.59 Å². The van der Waals surface area contributed by atoms with E-state index in [-0.39, 0.29) is 11.9 Å². The number of nitrogens with one attached hydrogen (secondary N) is 1. The van der Waals surface area contributed by atoms with Crippen molar-refractivity contribution in [3.63, 3.8) is 0 Å². The van der Waals surface area contributed by atoms with Gasteiger partial charge < -0.3 is 19.5 Å². The number of carbonyl (C=O) groups excluding carboxylic acids is 2. The molecule has 0 unspecified atom stereocenters. The molecule has 0 heterocycles. The lowest BCUT2D eigenvalue weighted by Crippen LogP contribution is -2.29. The first-order chi connectivity index (χ1) is 16.9. The minimum absolute atomic E-state index is 0.00479. The zero-order chi connectivity index (χ0) is 25.2. The molecule has 0 atom stereocenters. The van der Waals surface area contributed by atoms with Crippen LogP contribution < -0.4 is 19.5 Å². The molecule has 3 aromatic rings. The van der Waals surface area contributed by atoms with E-state index < -0.39 is 0 Å². The van der Waals surface area contributed by atoms with Crippen molar-refractivity contribution in [2.75, 3.05) is 20.8 Å². The van der Waals surface area contributed by atoms with Gasteiger partial charge in [0.1, 0.15) is 17.2 Å². The molecule has 3 aromatic carbocycles. The van der Waals surface area contributed by atoms with Gasteiger partial charge in [0.2, 0.25) is 5.91 Å². The third kappa shape index (κ3) is 7.09. The highest BCUT2D eigenvalue weighted by molar-refractivity contribution is 5.84. The molecule has 184 valence electrons. The molecule has 0 aliphatic rings. The fourth-order valence-electron chi connectivity index (χ4n) is 3.80. The number of unbranched alkanes of at least 4 members (excludes halogenated alkanes) is 1. The minimum Gasteiger partial charge on any atom is -0.496 e. The minimum atomic E-state index is -0.198. The molecule has 6 heteroatoms. The average molecular weight is 476 g/mol. The molecule has 0 saturated carbocycles. The lowest BCUT2D eigenvalue weighted by Gasteiger charge is -2.20. The molecule has 6 nitrogen and oxygen atoms in total. The number of aldehydes is 1. The van der Waals surface area contributed by atoms with Crippen LogP contribution in [0.5, 0.6) is 17.2 Å². The predicted molar refractivity (Wildman–Crippen MR) is 137 cm³/mol. The van der Waals surface area contributed by atoms with Gasteiger partial charge in [0.05, 0.1) is 32.4 Å². The van der Waals surface area contributed by atoms with Crippen LogP contribution in [0.25, 0.3) is 0 Å². The summed E-state index contributed by atoms with van der Waals surface area (Å²) in [6.07, 6.45) is 2.48. The van der Waals surface area contributed by atoms with E-state index in [1.54, 1.807) is 12.1 Å². The van der Waals surface area contributed by atoms with Crippen molar-refractivity contribution in [1.82, 2.24) is 5.32 Å². The fourth-order valence-corrected chi connectivity index (χ4v) is 3.80. The molecule has 1 amide bonds. The fraction of sp³-hybridized carbons (Fsp3) is 0.310. The standard InChI is InChI=1S/C29H33NO5/c1-20-8-12-22(13-9-20)29(23-14-10-21(2)11-15-23)30-28(32)7-5-6-16-35-24-17-26(33-3)25(19-31)27(18-24)34-4/h8-15,17-19,29H,5-7,16H2,1-4H3,(H,30,32). The molecule has 0 aliphatic heterocycles. The molecule has 0 saturated heterocycles. The monoisotopic (exact) mass is 475 g/mol. The van der Waals surface area contributed by atoms with E-state index >= 15 is 0 Å². The Morgan fingerprint density at radius 3 is 1.83 bits per heavy atom. The van der Waals surface area contributed by atoms with Gasteiger partial charge in [-0.2, -0.15) is 0 Å². The third-order valence-corrected chi connectivity index (χ3v) is 5.83. The van der Waals surface area contributed by atoms with E-state index in [0.29, 0.717) is 55.0 Å². The molecular weight excluding hydrogens is 442 g/mol. The normalized spacial score (nSPS) is 10.7. The third-order valence-electron chi connectivity index (χ3n) is 5.83. The molecule has 35 heavy (non-hydrogen) atoms. The first-order valence-corrected chi connectivity index (χ1v) is 11.7. The summed E-state index contributed by atoms with van der Waals surface area (Å²) < 4.78 is 16.3. The molecular formula is C29H33NO5. The summed E-state index contributed by atoms with van der Waals surface area (Å²) in [4.78, 5) is 24.1. The molecule has 3 rings (SSSR count). The summed E-state index contributed by atoms with van der Waals surface area (Å²) in [6, 6.07) is 19.6. The Kier molecular flexibility index (Phi) is 9.30. The second-order valence-corrected chi connectivity index (χ2v) is 8.49. The van der Waals surface area contributed by atoms with Crippen molar-refractivity contribution in [3.05, 3.63) is 88.5 Å². The SMILES string of the molecule is COc1cc(OCCCCC(=O)NC(c2ccc(C)cc2)c2ccc(C)cc2)cc(OC)c1C=O.